The summed E-state index contributed by atoms with van der Waals surface area (Å²) in [6.45, 7) is -0.869. The summed E-state index contributed by atoms with van der Waals surface area (Å²) in [5, 5.41) is 0. The molecule has 1 aliphatic heterocycles. The quantitative estimate of drug-likeness (QED) is 0.284. The van der Waals surface area contributed by atoms with Gasteiger partial charge in [0.1, 0.15) is 13.2 Å². The van der Waals surface area contributed by atoms with Gasteiger partial charge >= 0.3 is 6.16 Å². The number of cyclic esters (lactones) is 2. The molecule has 0 spiro atoms. The number of methoxy groups -OCH3 is 4. The minimum absolute atomic E-state index is 0.434. The normalized spacial score (nSPS) is 14.8. The van der Waals surface area contributed by atoms with Crippen LogP contribution in [0.4, 0.5) is 4.79 Å². The maximum absolute atomic E-state index is 13.2. The minimum atomic E-state index is -1.71. The summed E-state index contributed by atoms with van der Waals surface area (Å²) >= 11 is 0. The Morgan fingerprint density at radius 1 is 0.714 bits per heavy atom. The van der Waals surface area contributed by atoms with E-state index in [-0.39, 0.29) is 0 Å². The van der Waals surface area contributed by atoms with E-state index in [0.29, 0.717) is 34.1 Å². The molecule has 3 rings (SSSR count). The standard InChI is InChI=1S/C26H26O9/c1-30-19-9-5-17(13-21(19)32-3)7-11-23(27)26(15-34-25(29)35-16-26)24(28)12-8-18-6-10-20(31-2)22(14-18)33-4/h5-14H,15-16H2,1-4H3/b11-7+,12-8+. The van der Waals surface area contributed by atoms with Crippen LogP contribution in [0.2, 0.25) is 0 Å². The first-order valence-electron chi connectivity index (χ1n) is 10.6. The number of hydrogen-bond donors (Lipinski definition) is 0. The molecule has 2 aromatic rings. The Morgan fingerprint density at radius 3 is 1.49 bits per heavy atom. The average Bonchev–Trinajstić information content (AvgIpc) is 2.90. The van der Waals surface area contributed by atoms with Gasteiger partial charge in [-0.25, -0.2) is 4.79 Å². The molecule has 0 aromatic heterocycles. The summed E-state index contributed by atoms with van der Waals surface area (Å²) in [5.74, 6) is 0.913. The predicted octanol–water partition coefficient (Wildman–Crippen LogP) is 3.74. The fourth-order valence-corrected chi connectivity index (χ4v) is 3.43. The number of allylic oxidation sites excluding steroid dienone is 2. The molecule has 0 saturated carbocycles. The van der Waals surface area contributed by atoms with Gasteiger partial charge in [0, 0.05) is 0 Å². The zero-order valence-electron chi connectivity index (χ0n) is 19.9. The lowest BCUT2D eigenvalue weighted by Crippen LogP contribution is -2.50. The Balaban J connectivity index is 1.86. The molecular weight excluding hydrogens is 456 g/mol. The van der Waals surface area contributed by atoms with Crippen LogP contribution < -0.4 is 18.9 Å². The first-order valence-corrected chi connectivity index (χ1v) is 10.6. The molecule has 1 aliphatic rings. The van der Waals surface area contributed by atoms with Gasteiger partial charge in [-0.05, 0) is 47.5 Å². The van der Waals surface area contributed by atoms with Gasteiger partial charge in [-0.2, -0.15) is 0 Å². The summed E-state index contributed by atoms with van der Waals surface area (Å²) in [5.41, 5.74) is -0.421. The highest BCUT2D eigenvalue weighted by Crippen LogP contribution is 2.31. The van der Waals surface area contributed by atoms with Crippen LogP contribution >= 0.6 is 0 Å². The van der Waals surface area contributed by atoms with E-state index in [0.717, 1.165) is 0 Å². The highest BCUT2D eigenvalue weighted by molar-refractivity contribution is 6.18. The van der Waals surface area contributed by atoms with Gasteiger partial charge in [0.2, 0.25) is 0 Å². The summed E-state index contributed by atoms with van der Waals surface area (Å²) in [6, 6.07) is 10.2. The monoisotopic (exact) mass is 482 g/mol. The molecule has 2 aromatic carbocycles. The third-order valence-electron chi connectivity index (χ3n) is 5.49. The van der Waals surface area contributed by atoms with Crippen molar-refractivity contribution >= 4 is 29.9 Å². The molecule has 0 radical (unpaired) electrons. The van der Waals surface area contributed by atoms with E-state index >= 15 is 0 Å². The fraction of sp³-hybridized carbons (Fsp3) is 0.269. The molecule has 9 heteroatoms. The zero-order valence-corrected chi connectivity index (χ0v) is 19.9. The molecule has 1 heterocycles. The second-order valence-corrected chi connectivity index (χ2v) is 7.53. The number of ketones is 2. The Kier molecular flexibility index (Phi) is 8.14. The summed E-state index contributed by atoms with van der Waals surface area (Å²) < 4.78 is 30.8. The van der Waals surface area contributed by atoms with Crippen molar-refractivity contribution in [3.05, 3.63) is 59.7 Å². The molecule has 0 amide bonds. The van der Waals surface area contributed by atoms with Crippen molar-refractivity contribution < 1.29 is 42.8 Å². The lowest BCUT2D eigenvalue weighted by Gasteiger charge is -2.31. The van der Waals surface area contributed by atoms with Gasteiger partial charge in [0.15, 0.2) is 40.0 Å². The first-order chi connectivity index (χ1) is 16.9. The van der Waals surface area contributed by atoms with Crippen LogP contribution in [0.25, 0.3) is 12.2 Å². The molecule has 0 bridgehead atoms. The lowest BCUT2D eigenvalue weighted by atomic mass is 9.79. The largest absolute Gasteiger partial charge is 0.508 e. The average molecular weight is 482 g/mol. The van der Waals surface area contributed by atoms with Gasteiger partial charge in [0.05, 0.1) is 28.4 Å². The Labute approximate surface area is 202 Å². The third-order valence-corrected chi connectivity index (χ3v) is 5.49. The summed E-state index contributed by atoms with van der Waals surface area (Å²) in [4.78, 5) is 37.9. The summed E-state index contributed by atoms with van der Waals surface area (Å²) in [6.07, 6.45) is 4.65. The van der Waals surface area contributed by atoms with Crippen molar-refractivity contribution in [1.82, 2.24) is 0 Å². The van der Waals surface area contributed by atoms with Crippen molar-refractivity contribution in [1.29, 1.82) is 0 Å². The number of ether oxygens (including phenoxy) is 6. The molecule has 0 atom stereocenters. The van der Waals surface area contributed by atoms with Crippen molar-refractivity contribution in [3.8, 4) is 23.0 Å². The minimum Gasteiger partial charge on any atom is -0.493 e. The molecule has 0 unspecified atom stereocenters. The van der Waals surface area contributed by atoms with E-state index in [1.165, 1.54) is 52.7 Å². The molecule has 9 nitrogen and oxygen atoms in total. The van der Waals surface area contributed by atoms with Crippen molar-refractivity contribution in [3.63, 3.8) is 0 Å². The lowest BCUT2D eigenvalue weighted by molar-refractivity contribution is -0.147. The number of carbonyl (C=O) groups excluding carboxylic acids is 3. The zero-order chi connectivity index (χ0) is 25.4. The van der Waals surface area contributed by atoms with Crippen LogP contribution in [0.15, 0.2) is 48.6 Å². The van der Waals surface area contributed by atoms with E-state index in [4.69, 9.17) is 28.4 Å². The number of hydrogen-bond acceptors (Lipinski definition) is 9. The third kappa shape index (κ3) is 5.63. The van der Waals surface area contributed by atoms with Gasteiger partial charge < -0.3 is 28.4 Å². The van der Waals surface area contributed by atoms with E-state index in [1.807, 2.05) is 0 Å². The SMILES string of the molecule is COc1ccc(/C=C/C(=O)C2(C(=O)/C=C/c3ccc(OC)c(OC)c3)COC(=O)OC2)cc1OC. The highest BCUT2D eigenvalue weighted by atomic mass is 16.7. The molecule has 1 fully saturated rings. The van der Waals surface area contributed by atoms with Crippen molar-refractivity contribution in [2.75, 3.05) is 41.7 Å². The Morgan fingerprint density at radius 2 is 1.11 bits per heavy atom. The Bertz CT molecular complexity index is 1070. The second-order valence-electron chi connectivity index (χ2n) is 7.53. The molecular formula is C26H26O9. The molecule has 0 N–H and O–H groups in total. The molecule has 1 saturated heterocycles. The number of rotatable bonds is 10. The predicted molar refractivity (Wildman–Crippen MR) is 127 cm³/mol. The van der Waals surface area contributed by atoms with Crippen LogP contribution in [-0.2, 0) is 19.1 Å². The second kappa shape index (κ2) is 11.2. The van der Waals surface area contributed by atoms with Crippen molar-refractivity contribution in [2.24, 2.45) is 5.41 Å². The first kappa shape index (κ1) is 25.4. The summed E-state index contributed by atoms with van der Waals surface area (Å²) in [7, 11) is 6.05. The molecule has 0 aliphatic carbocycles. The molecule has 184 valence electrons. The van der Waals surface area contributed by atoms with Gasteiger partial charge in [-0.3, -0.25) is 9.59 Å². The van der Waals surface area contributed by atoms with Gasteiger partial charge in [-0.1, -0.05) is 24.3 Å². The fourth-order valence-electron chi connectivity index (χ4n) is 3.43. The topological polar surface area (TPSA) is 107 Å². The number of carbonyl (C=O) groups is 3. The van der Waals surface area contributed by atoms with E-state index in [9.17, 15) is 14.4 Å². The van der Waals surface area contributed by atoms with Crippen LogP contribution in [0.3, 0.4) is 0 Å². The number of benzene rings is 2. The van der Waals surface area contributed by atoms with E-state index in [2.05, 4.69) is 0 Å². The van der Waals surface area contributed by atoms with Gasteiger partial charge in [-0.15, -0.1) is 0 Å². The Hall–Kier alpha value is -4.27. The van der Waals surface area contributed by atoms with E-state index < -0.39 is 36.4 Å². The smallest absolute Gasteiger partial charge is 0.493 e. The van der Waals surface area contributed by atoms with Crippen LogP contribution in [0, 0.1) is 5.41 Å². The molecule has 35 heavy (non-hydrogen) atoms. The van der Waals surface area contributed by atoms with Crippen LogP contribution in [0.5, 0.6) is 23.0 Å². The van der Waals surface area contributed by atoms with Crippen LogP contribution in [0.1, 0.15) is 11.1 Å². The maximum atomic E-state index is 13.2. The van der Waals surface area contributed by atoms with Crippen molar-refractivity contribution in [2.45, 2.75) is 0 Å². The van der Waals surface area contributed by atoms with Crippen LogP contribution in [-0.4, -0.2) is 59.4 Å². The van der Waals surface area contributed by atoms with E-state index in [1.54, 1.807) is 36.4 Å². The maximum Gasteiger partial charge on any atom is 0.508 e. The highest BCUT2D eigenvalue weighted by Gasteiger charge is 2.48. The van der Waals surface area contributed by atoms with Gasteiger partial charge in [0.25, 0.3) is 0 Å².